The third-order valence-electron chi connectivity index (χ3n) is 2.97. The van der Waals surface area contributed by atoms with Crippen molar-refractivity contribution in [1.82, 2.24) is 14.9 Å². The van der Waals surface area contributed by atoms with Crippen molar-refractivity contribution < 1.29 is 9.53 Å². The molecule has 0 bridgehead atoms. The van der Waals surface area contributed by atoms with Gasteiger partial charge >= 0.3 is 0 Å². The van der Waals surface area contributed by atoms with E-state index < -0.39 is 0 Å². The fourth-order valence-corrected chi connectivity index (χ4v) is 2.10. The van der Waals surface area contributed by atoms with Gasteiger partial charge in [-0.1, -0.05) is 6.58 Å². The van der Waals surface area contributed by atoms with Gasteiger partial charge in [-0.3, -0.25) is 4.57 Å². The zero-order valence-electron chi connectivity index (χ0n) is 9.17. The molecule has 17 heavy (non-hydrogen) atoms. The quantitative estimate of drug-likeness (QED) is 0.772. The highest BCUT2D eigenvalue weighted by atomic mass is 16.5. The molecule has 3 heterocycles. The van der Waals surface area contributed by atoms with E-state index in [9.17, 15) is 4.79 Å². The number of aliphatic imine (C=N–C) groups is 1. The summed E-state index contributed by atoms with van der Waals surface area (Å²) >= 11 is 0. The van der Waals surface area contributed by atoms with Gasteiger partial charge < -0.3 is 14.8 Å². The number of rotatable bonds is 2. The van der Waals surface area contributed by atoms with E-state index in [1.54, 1.807) is 12.7 Å². The van der Waals surface area contributed by atoms with Crippen LogP contribution in [0.2, 0.25) is 0 Å². The third-order valence-corrected chi connectivity index (χ3v) is 2.97. The van der Waals surface area contributed by atoms with E-state index in [1.165, 1.54) is 0 Å². The highest BCUT2D eigenvalue weighted by molar-refractivity contribution is 5.83. The van der Waals surface area contributed by atoms with Gasteiger partial charge in [-0.25, -0.2) is 9.98 Å². The molecule has 3 rings (SSSR count). The summed E-state index contributed by atoms with van der Waals surface area (Å²) in [6.07, 6.45) is 5.16. The van der Waals surface area contributed by atoms with Gasteiger partial charge in [0, 0.05) is 0 Å². The number of aldehydes is 1. The van der Waals surface area contributed by atoms with Gasteiger partial charge in [0.15, 0.2) is 5.82 Å². The Morgan fingerprint density at radius 3 is 3.24 bits per heavy atom. The number of carbonyl (C=O) groups excluding carboxylic acids is 1. The van der Waals surface area contributed by atoms with Crippen LogP contribution >= 0.6 is 0 Å². The average molecular weight is 232 g/mol. The Labute approximate surface area is 98.0 Å². The lowest BCUT2D eigenvalue weighted by molar-refractivity contribution is -0.119. The second-order valence-electron chi connectivity index (χ2n) is 4.05. The summed E-state index contributed by atoms with van der Waals surface area (Å²) in [7, 11) is 0. The van der Waals surface area contributed by atoms with E-state index >= 15 is 0 Å². The van der Waals surface area contributed by atoms with Gasteiger partial charge in [0.2, 0.25) is 0 Å². The fourth-order valence-electron chi connectivity index (χ4n) is 2.10. The van der Waals surface area contributed by atoms with Crippen molar-refractivity contribution in [3.8, 4) is 0 Å². The number of hydrogen-bond acceptors (Lipinski definition) is 5. The van der Waals surface area contributed by atoms with Crippen LogP contribution in [0.5, 0.6) is 0 Å². The third kappa shape index (κ3) is 1.57. The molecule has 2 aliphatic heterocycles. The van der Waals surface area contributed by atoms with Crippen molar-refractivity contribution >= 4 is 24.1 Å². The first-order valence-electron chi connectivity index (χ1n) is 5.45. The predicted octanol–water partition coefficient (Wildman–Crippen LogP) is 0.993. The fraction of sp³-hybridized carbons (Fsp3) is 0.364. The lowest BCUT2D eigenvalue weighted by Gasteiger charge is -2.16. The van der Waals surface area contributed by atoms with Crippen LogP contribution < -0.4 is 5.32 Å². The van der Waals surface area contributed by atoms with Gasteiger partial charge in [-0.15, -0.1) is 0 Å². The van der Waals surface area contributed by atoms with Gasteiger partial charge in [-0.05, 0) is 12.8 Å². The molecule has 88 valence electrons. The number of nitrogens with zero attached hydrogens (tertiary/aromatic N) is 3. The average Bonchev–Trinajstić information content (AvgIpc) is 2.94. The zero-order valence-corrected chi connectivity index (χ0v) is 9.17. The van der Waals surface area contributed by atoms with Crippen LogP contribution in [0.15, 0.2) is 17.9 Å². The predicted molar refractivity (Wildman–Crippen MR) is 61.8 cm³/mol. The Bertz CT molecular complexity index is 506. The molecule has 0 aromatic carbocycles. The SMILES string of the molecule is C=C1NC=Nc2c1ncn2C1CCC(C=O)O1. The second kappa shape index (κ2) is 3.81. The lowest BCUT2D eigenvalue weighted by atomic mass is 10.2. The summed E-state index contributed by atoms with van der Waals surface area (Å²) in [5, 5.41) is 2.90. The summed E-state index contributed by atoms with van der Waals surface area (Å²) in [6, 6.07) is 0. The van der Waals surface area contributed by atoms with Crippen LogP contribution in [0.4, 0.5) is 5.82 Å². The first-order valence-corrected chi connectivity index (χ1v) is 5.45. The van der Waals surface area contributed by atoms with E-state index in [1.807, 2.05) is 4.57 Å². The molecule has 6 nitrogen and oxygen atoms in total. The van der Waals surface area contributed by atoms with Crippen molar-refractivity contribution in [3.05, 3.63) is 18.6 Å². The lowest BCUT2D eigenvalue weighted by Crippen LogP contribution is -2.15. The normalized spacial score (nSPS) is 26.7. The molecule has 1 N–H and O–H groups in total. The Balaban J connectivity index is 1.93. The van der Waals surface area contributed by atoms with Crippen molar-refractivity contribution in [2.45, 2.75) is 25.2 Å². The molecule has 1 fully saturated rings. The molecule has 0 radical (unpaired) electrons. The molecule has 0 amide bonds. The number of carbonyl (C=O) groups is 1. The monoisotopic (exact) mass is 232 g/mol. The zero-order chi connectivity index (χ0) is 11.8. The Kier molecular flexibility index (Phi) is 2.29. The number of aromatic nitrogens is 2. The first kappa shape index (κ1) is 10.2. The minimum Gasteiger partial charge on any atom is -0.347 e. The maximum Gasteiger partial charge on any atom is 0.165 e. The number of imidazole rings is 1. The maximum atomic E-state index is 10.7. The largest absolute Gasteiger partial charge is 0.347 e. The smallest absolute Gasteiger partial charge is 0.165 e. The van der Waals surface area contributed by atoms with Gasteiger partial charge in [0.05, 0.1) is 18.4 Å². The Morgan fingerprint density at radius 1 is 1.59 bits per heavy atom. The maximum absolute atomic E-state index is 10.7. The van der Waals surface area contributed by atoms with E-state index in [2.05, 4.69) is 21.9 Å². The molecule has 2 aliphatic rings. The van der Waals surface area contributed by atoms with Crippen molar-refractivity contribution in [2.75, 3.05) is 0 Å². The van der Waals surface area contributed by atoms with Crippen molar-refractivity contribution in [1.29, 1.82) is 0 Å². The topological polar surface area (TPSA) is 68.5 Å². The first-order chi connectivity index (χ1) is 8.29. The molecule has 0 saturated carbocycles. The molecule has 1 aromatic rings. The van der Waals surface area contributed by atoms with E-state index in [-0.39, 0.29) is 12.3 Å². The summed E-state index contributed by atoms with van der Waals surface area (Å²) in [5.74, 6) is 0.727. The second-order valence-corrected chi connectivity index (χ2v) is 4.05. The molecule has 1 aromatic heterocycles. The van der Waals surface area contributed by atoms with Crippen LogP contribution in [0.25, 0.3) is 5.70 Å². The number of hydrogen-bond donors (Lipinski definition) is 1. The molecule has 0 aliphatic carbocycles. The molecule has 2 atom stereocenters. The van der Waals surface area contributed by atoms with E-state index in [0.717, 1.165) is 36.3 Å². The van der Waals surface area contributed by atoms with Gasteiger partial charge in [0.1, 0.15) is 24.3 Å². The standard InChI is InChI=1S/C11H12N4O2/c1-7-10-11(13-5-12-7)15(6-14-10)9-3-2-8(4-16)17-9/h4-6,8-9H,1-3H2,(H,12,13). The Hall–Kier alpha value is -1.95. The number of fused-ring (bicyclic) bond motifs is 1. The Morgan fingerprint density at radius 2 is 2.47 bits per heavy atom. The van der Waals surface area contributed by atoms with Gasteiger partial charge in [0.25, 0.3) is 0 Å². The van der Waals surface area contributed by atoms with Gasteiger partial charge in [-0.2, -0.15) is 0 Å². The van der Waals surface area contributed by atoms with Crippen molar-refractivity contribution in [3.63, 3.8) is 0 Å². The molecule has 2 unspecified atom stereocenters. The molecular formula is C11H12N4O2. The van der Waals surface area contributed by atoms with Crippen LogP contribution in [-0.4, -0.2) is 28.3 Å². The summed E-state index contributed by atoms with van der Waals surface area (Å²) in [6.45, 7) is 3.85. The molecule has 0 spiro atoms. The van der Waals surface area contributed by atoms with Crippen LogP contribution in [0.1, 0.15) is 24.8 Å². The van der Waals surface area contributed by atoms with E-state index in [4.69, 9.17) is 4.74 Å². The van der Waals surface area contributed by atoms with E-state index in [0.29, 0.717) is 0 Å². The molecular weight excluding hydrogens is 220 g/mol. The minimum atomic E-state index is -0.313. The van der Waals surface area contributed by atoms with Crippen molar-refractivity contribution in [2.24, 2.45) is 4.99 Å². The summed E-state index contributed by atoms with van der Waals surface area (Å²) < 4.78 is 7.44. The highest BCUT2D eigenvalue weighted by Crippen LogP contribution is 2.34. The van der Waals surface area contributed by atoms with Crippen LogP contribution in [0, 0.1) is 0 Å². The van der Waals surface area contributed by atoms with Crippen LogP contribution in [0.3, 0.4) is 0 Å². The number of ether oxygens (including phenoxy) is 1. The molecule has 1 saturated heterocycles. The summed E-state index contributed by atoms with van der Waals surface area (Å²) in [4.78, 5) is 19.1. The molecule has 6 heteroatoms. The van der Waals surface area contributed by atoms with Crippen LogP contribution in [-0.2, 0) is 9.53 Å². The minimum absolute atomic E-state index is 0.163. The number of nitrogens with one attached hydrogen (secondary N) is 1. The summed E-state index contributed by atoms with van der Waals surface area (Å²) in [5.41, 5.74) is 1.45. The highest BCUT2D eigenvalue weighted by Gasteiger charge is 2.29.